The van der Waals surface area contributed by atoms with Crippen LogP contribution in [0.5, 0.6) is 5.75 Å². The largest absolute Gasteiger partial charge is 0.497 e. The van der Waals surface area contributed by atoms with E-state index in [1.165, 1.54) is 0 Å². The Morgan fingerprint density at radius 2 is 2.16 bits per heavy atom. The molecule has 1 aliphatic rings. The number of amides is 1. The van der Waals surface area contributed by atoms with Gasteiger partial charge in [0.25, 0.3) is 0 Å². The number of nitrogens with two attached hydrogens (primary N) is 1. The van der Waals surface area contributed by atoms with E-state index in [0.717, 1.165) is 11.3 Å². The Labute approximate surface area is 113 Å². The van der Waals surface area contributed by atoms with E-state index in [9.17, 15) is 4.79 Å². The van der Waals surface area contributed by atoms with Crippen LogP contribution in [0.25, 0.3) is 0 Å². The molecule has 2 atom stereocenters. The van der Waals surface area contributed by atoms with Gasteiger partial charge in [0, 0.05) is 6.61 Å². The van der Waals surface area contributed by atoms with Crippen LogP contribution in [0.2, 0.25) is 0 Å². The van der Waals surface area contributed by atoms with Crippen LogP contribution in [0.3, 0.4) is 0 Å². The Morgan fingerprint density at radius 1 is 1.47 bits per heavy atom. The van der Waals surface area contributed by atoms with Gasteiger partial charge in [-0.3, -0.25) is 4.79 Å². The quantitative estimate of drug-likeness (QED) is 0.850. The monoisotopic (exact) mass is 264 g/mol. The maximum absolute atomic E-state index is 12.1. The molecule has 1 aromatic rings. The zero-order valence-electron chi connectivity index (χ0n) is 11.3. The van der Waals surface area contributed by atoms with Gasteiger partial charge in [-0.2, -0.15) is 0 Å². The molecule has 0 aliphatic carbocycles. The summed E-state index contributed by atoms with van der Waals surface area (Å²) in [6, 6.07) is 7.50. The lowest BCUT2D eigenvalue weighted by Gasteiger charge is -2.24. The molecule has 1 aliphatic heterocycles. The minimum atomic E-state index is -0.888. The van der Waals surface area contributed by atoms with Gasteiger partial charge in [0.1, 0.15) is 11.3 Å². The summed E-state index contributed by atoms with van der Waals surface area (Å²) in [5, 5.41) is 2.93. The zero-order valence-corrected chi connectivity index (χ0v) is 11.3. The minimum Gasteiger partial charge on any atom is -0.497 e. The standard InChI is InChI=1S/C14H20N2O3/c1-10(11-3-5-12(18-2)6-4-11)16-13(17)14(15)7-8-19-9-14/h3-6,10H,7-9,15H2,1-2H3,(H,16,17). The summed E-state index contributed by atoms with van der Waals surface area (Å²) in [5.41, 5.74) is 6.14. The van der Waals surface area contributed by atoms with E-state index >= 15 is 0 Å². The van der Waals surface area contributed by atoms with Crippen molar-refractivity contribution >= 4 is 5.91 Å². The zero-order chi connectivity index (χ0) is 13.9. The molecule has 1 aromatic carbocycles. The first-order valence-electron chi connectivity index (χ1n) is 6.37. The van der Waals surface area contributed by atoms with Gasteiger partial charge in [-0.15, -0.1) is 0 Å². The van der Waals surface area contributed by atoms with Crippen molar-refractivity contribution < 1.29 is 14.3 Å². The van der Waals surface area contributed by atoms with Crippen LogP contribution in [-0.4, -0.2) is 31.8 Å². The molecule has 104 valence electrons. The van der Waals surface area contributed by atoms with Crippen molar-refractivity contribution in [2.75, 3.05) is 20.3 Å². The van der Waals surface area contributed by atoms with Gasteiger partial charge in [-0.25, -0.2) is 0 Å². The molecule has 2 unspecified atom stereocenters. The molecule has 19 heavy (non-hydrogen) atoms. The molecule has 1 fully saturated rings. The highest BCUT2D eigenvalue weighted by molar-refractivity contribution is 5.86. The molecule has 5 nitrogen and oxygen atoms in total. The highest BCUT2D eigenvalue weighted by atomic mass is 16.5. The predicted molar refractivity (Wildman–Crippen MR) is 71.9 cm³/mol. The SMILES string of the molecule is COc1ccc(C(C)NC(=O)C2(N)CCOC2)cc1. The number of rotatable bonds is 4. The Morgan fingerprint density at radius 3 is 2.68 bits per heavy atom. The highest BCUT2D eigenvalue weighted by Crippen LogP contribution is 2.20. The topological polar surface area (TPSA) is 73.6 Å². The molecule has 1 heterocycles. The van der Waals surface area contributed by atoms with Crippen molar-refractivity contribution in [3.8, 4) is 5.75 Å². The van der Waals surface area contributed by atoms with E-state index in [0.29, 0.717) is 13.0 Å². The molecule has 0 saturated carbocycles. The molecule has 0 aromatic heterocycles. The number of hydrogen-bond donors (Lipinski definition) is 2. The summed E-state index contributed by atoms with van der Waals surface area (Å²) < 4.78 is 10.3. The average Bonchev–Trinajstić information content (AvgIpc) is 2.87. The molecular formula is C14H20N2O3. The van der Waals surface area contributed by atoms with E-state index in [1.807, 2.05) is 31.2 Å². The van der Waals surface area contributed by atoms with Crippen LogP contribution in [-0.2, 0) is 9.53 Å². The predicted octanol–water partition coefficient (Wildman–Crippen LogP) is 0.990. The summed E-state index contributed by atoms with van der Waals surface area (Å²) >= 11 is 0. The van der Waals surface area contributed by atoms with Crippen molar-refractivity contribution in [1.82, 2.24) is 5.32 Å². The lowest BCUT2D eigenvalue weighted by molar-refractivity contribution is -0.127. The normalized spacial score (nSPS) is 23.9. The Balaban J connectivity index is 1.99. The van der Waals surface area contributed by atoms with Crippen molar-refractivity contribution in [2.24, 2.45) is 5.73 Å². The summed E-state index contributed by atoms with van der Waals surface area (Å²) in [5.74, 6) is 0.634. The second kappa shape index (κ2) is 5.59. The molecule has 2 rings (SSSR count). The second-order valence-electron chi connectivity index (χ2n) is 4.93. The number of methoxy groups -OCH3 is 1. The van der Waals surface area contributed by atoms with Crippen LogP contribution < -0.4 is 15.8 Å². The number of nitrogens with one attached hydrogen (secondary N) is 1. The van der Waals surface area contributed by atoms with Gasteiger partial charge in [-0.05, 0) is 31.0 Å². The average molecular weight is 264 g/mol. The number of hydrogen-bond acceptors (Lipinski definition) is 4. The van der Waals surface area contributed by atoms with Gasteiger partial charge in [0.15, 0.2) is 0 Å². The molecule has 0 radical (unpaired) electrons. The summed E-state index contributed by atoms with van der Waals surface area (Å²) in [6.45, 7) is 2.76. The molecular weight excluding hydrogens is 244 g/mol. The highest BCUT2D eigenvalue weighted by Gasteiger charge is 2.38. The Hall–Kier alpha value is -1.59. The number of carbonyl (C=O) groups excluding carboxylic acids is 1. The molecule has 1 saturated heterocycles. The van der Waals surface area contributed by atoms with Crippen molar-refractivity contribution in [3.63, 3.8) is 0 Å². The van der Waals surface area contributed by atoms with Gasteiger partial charge >= 0.3 is 0 Å². The fourth-order valence-electron chi connectivity index (χ4n) is 2.08. The van der Waals surface area contributed by atoms with Crippen molar-refractivity contribution in [3.05, 3.63) is 29.8 Å². The number of benzene rings is 1. The number of ether oxygens (including phenoxy) is 2. The smallest absolute Gasteiger partial charge is 0.243 e. The van der Waals surface area contributed by atoms with Crippen molar-refractivity contribution in [1.29, 1.82) is 0 Å². The fraction of sp³-hybridized carbons (Fsp3) is 0.500. The molecule has 1 amide bonds. The third-order valence-corrected chi connectivity index (χ3v) is 3.47. The first-order valence-corrected chi connectivity index (χ1v) is 6.37. The fourth-order valence-corrected chi connectivity index (χ4v) is 2.08. The van der Waals surface area contributed by atoms with E-state index < -0.39 is 5.54 Å². The first kappa shape index (κ1) is 13.8. The van der Waals surface area contributed by atoms with Crippen LogP contribution >= 0.6 is 0 Å². The molecule has 5 heteroatoms. The lowest BCUT2D eigenvalue weighted by Crippen LogP contribution is -2.54. The molecule has 0 bridgehead atoms. The van der Waals surface area contributed by atoms with Crippen LogP contribution in [0, 0.1) is 0 Å². The molecule has 0 spiro atoms. The summed E-state index contributed by atoms with van der Waals surface area (Å²) in [7, 11) is 1.62. The first-order chi connectivity index (χ1) is 9.05. The maximum atomic E-state index is 12.1. The van der Waals surface area contributed by atoms with Crippen LogP contribution in [0.15, 0.2) is 24.3 Å². The minimum absolute atomic E-state index is 0.0977. The van der Waals surface area contributed by atoms with E-state index in [-0.39, 0.29) is 18.6 Å². The third kappa shape index (κ3) is 3.05. The van der Waals surface area contributed by atoms with E-state index in [1.54, 1.807) is 7.11 Å². The van der Waals surface area contributed by atoms with E-state index in [2.05, 4.69) is 5.32 Å². The van der Waals surface area contributed by atoms with Gasteiger partial charge in [0.2, 0.25) is 5.91 Å². The molecule has 3 N–H and O–H groups in total. The third-order valence-electron chi connectivity index (χ3n) is 3.47. The van der Waals surface area contributed by atoms with E-state index in [4.69, 9.17) is 15.2 Å². The summed E-state index contributed by atoms with van der Waals surface area (Å²) in [6.07, 6.45) is 0.564. The van der Waals surface area contributed by atoms with Gasteiger partial charge < -0.3 is 20.5 Å². The van der Waals surface area contributed by atoms with Gasteiger partial charge in [-0.1, -0.05) is 12.1 Å². The van der Waals surface area contributed by atoms with Crippen LogP contribution in [0.4, 0.5) is 0 Å². The van der Waals surface area contributed by atoms with Crippen LogP contribution in [0.1, 0.15) is 24.9 Å². The number of carbonyl (C=O) groups is 1. The Bertz CT molecular complexity index is 439. The maximum Gasteiger partial charge on any atom is 0.243 e. The van der Waals surface area contributed by atoms with Gasteiger partial charge in [0.05, 0.1) is 19.8 Å². The lowest BCUT2D eigenvalue weighted by atomic mass is 9.98. The summed E-state index contributed by atoms with van der Waals surface area (Å²) in [4.78, 5) is 12.1. The van der Waals surface area contributed by atoms with Crippen molar-refractivity contribution in [2.45, 2.75) is 24.9 Å². The second-order valence-corrected chi connectivity index (χ2v) is 4.93. The Kier molecular flexibility index (Phi) is 4.07.